The summed E-state index contributed by atoms with van der Waals surface area (Å²) in [4.78, 5) is 12.6. The van der Waals surface area contributed by atoms with Gasteiger partial charge in [0.1, 0.15) is 5.76 Å². The third kappa shape index (κ3) is 2.74. The second-order valence-electron chi connectivity index (χ2n) is 7.48. The summed E-state index contributed by atoms with van der Waals surface area (Å²) in [5.74, 6) is 0.609. The first-order valence-corrected chi connectivity index (χ1v) is 8.50. The van der Waals surface area contributed by atoms with Crippen LogP contribution in [0.25, 0.3) is 33.2 Å². The van der Waals surface area contributed by atoms with Crippen LogP contribution in [-0.2, 0) is 5.41 Å². The Morgan fingerprint density at radius 2 is 1.52 bits per heavy atom. The second-order valence-corrected chi connectivity index (χ2v) is 7.48. The first kappa shape index (κ1) is 15.6. The molecular formula is C23H20O2. The maximum atomic E-state index is 12.6. The molecule has 124 valence electrons. The van der Waals surface area contributed by atoms with E-state index in [9.17, 15) is 4.79 Å². The van der Waals surface area contributed by atoms with Gasteiger partial charge >= 0.3 is 5.63 Å². The van der Waals surface area contributed by atoms with E-state index in [1.54, 1.807) is 0 Å². The quantitative estimate of drug-likeness (QED) is 0.438. The van der Waals surface area contributed by atoms with Crippen molar-refractivity contribution in [3.05, 3.63) is 82.7 Å². The lowest BCUT2D eigenvalue weighted by molar-refractivity contribution is 0.535. The van der Waals surface area contributed by atoms with Gasteiger partial charge in [0.2, 0.25) is 0 Å². The average Bonchev–Trinajstić information content (AvgIpc) is 2.76. The van der Waals surface area contributed by atoms with Gasteiger partial charge in [-0.3, -0.25) is 0 Å². The van der Waals surface area contributed by atoms with E-state index >= 15 is 0 Å². The van der Waals surface area contributed by atoms with Gasteiger partial charge in [0.15, 0.2) is 0 Å². The highest BCUT2D eigenvalue weighted by atomic mass is 16.4. The molecule has 0 saturated carbocycles. The molecule has 0 amide bonds. The third-order valence-electron chi connectivity index (χ3n) is 4.67. The van der Waals surface area contributed by atoms with Gasteiger partial charge < -0.3 is 4.42 Å². The molecule has 2 aromatic rings. The molecule has 0 saturated heterocycles. The van der Waals surface area contributed by atoms with E-state index in [2.05, 4.69) is 39.0 Å². The molecular weight excluding hydrogens is 308 g/mol. The molecule has 25 heavy (non-hydrogen) atoms. The number of benzene rings is 1. The van der Waals surface area contributed by atoms with Crippen molar-refractivity contribution in [3.63, 3.8) is 0 Å². The van der Waals surface area contributed by atoms with Crippen LogP contribution in [0.4, 0.5) is 0 Å². The minimum absolute atomic E-state index is 0.0995. The zero-order valence-electron chi connectivity index (χ0n) is 14.7. The van der Waals surface area contributed by atoms with Crippen molar-refractivity contribution in [2.45, 2.75) is 26.2 Å². The molecule has 0 N–H and O–H groups in total. The minimum atomic E-state index is -0.284. The SMILES string of the molecule is CC(C)(C)c1ccc(-c2cc3cc4cccccc-4c3c(=O)o2)cc1. The van der Waals surface area contributed by atoms with Crippen molar-refractivity contribution in [3.8, 4) is 22.5 Å². The lowest BCUT2D eigenvalue weighted by Gasteiger charge is -2.19. The van der Waals surface area contributed by atoms with Gasteiger partial charge in [-0.15, -0.1) is 0 Å². The Bertz CT molecular complexity index is 1080. The summed E-state index contributed by atoms with van der Waals surface area (Å²) in [5, 5.41) is 1.58. The molecule has 0 fully saturated rings. The summed E-state index contributed by atoms with van der Waals surface area (Å²) in [6, 6.07) is 22.1. The zero-order valence-corrected chi connectivity index (χ0v) is 14.7. The van der Waals surface area contributed by atoms with Crippen molar-refractivity contribution < 1.29 is 4.42 Å². The van der Waals surface area contributed by atoms with Crippen molar-refractivity contribution in [1.82, 2.24) is 0 Å². The fraction of sp³-hybridized carbons (Fsp3) is 0.174. The van der Waals surface area contributed by atoms with Gasteiger partial charge in [-0.25, -0.2) is 4.79 Å². The maximum Gasteiger partial charge on any atom is 0.344 e. The van der Waals surface area contributed by atoms with E-state index in [1.807, 2.05) is 48.5 Å². The van der Waals surface area contributed by atoms with Crippen LogP contribution in [0.1, 0.15) is 26.3 Å². The van der Waals surface area contributed by atoms with Crippen LogP contribution in [0.3, 0.4) is 0 Å². The van der Waals surface area contributed by atoms with Crippen LogP contribution >= 0.6 is 0 Å². The summed E-state index contributed by atoms with van der Waals surface area (Å²) in [5.41, 5.74) is 3.97. The van der Waals surface area contributed by atoms with E-state index < -0.39 is 0 Å². The smallest absolute Gasteiger partial charge is 0.344 e. The Hall–Kier alpha value is -2.87. The Kier molecular flexibility index (Phi) is 3.50. The molecule has 2 nitrogen and oxygen atoms in total. The van der Waals surface area contributed by atoms with E-state index in [4.69, 9.17) is 4.42 Å². The predicted molar refractivity (Wildman–Crippen MR) is 103 cm³/mol. The van der Waals surface area contributed by atoms with Gasteiger partial charge in [-0.2, -0.15) is 0 Å². The van der Waals surface area contributed by atoms with Crippen molar-refractivity contribution in [2.24, 2.45) is 0 Å². The molecule has 2 aliphatic carbocycles. The average molecular weight is 328 g/mol. The molecule has 0 unspecified atom stereocenters. The molecule has 0 aliphatic heterocycles. The number of hydrogen-bond donors (Lipinski definition) is 0. The van der Waals surface area contributed by atoms with Crippen LogP contribution in [-0.4, -0.2) is 0 Å². The maximum absolute atomic E-state index is 12.6. The predicted octanol–water partition coefficient (Wildman–Crippen LogP) is 5.86. The minimum Gasteiger partial charge on any atom is -0.422 e. The normalized spacial score (nSPS) is 12.0. The molecule has 0 atom stereocenters. The van der Waals surface area contributed by atoms with Crippen LogP contribution in [0, 0.1) is 0 Å². The highest BCUT2D eigenvalue weighted by Crippen LogP contribution is 2.34. The largest absolute Gasteiger partial charge is 0.422 e. The molecule has 2 aliphatic rings. The summed E-state index contributed by atoms with van der Waals surface area (Å²) in [7, 11) is 0. The summed E-state index contributed by atoms with van der Waals surface area (Å²) in [6.07, 6.45) is 0. The fourth-order valence-corrected chi connectivity index (χ4v) is 3.25. The number of rotatable bonds is 1. The summed E-state index contributed by atoms with van der Waals surface area (Å²) in [6.45, 7) is 6.55. The van der Waals surface area contributed by atoms with Gasteiger partial charge in [0, 0.05) is 5.56 Å². The third-order valence-corrected chi connectivity index (χ3v) is 4.67. The molecule has 1 heterocycles. The Morgan fingerprint density at radius 1 is 0.800 bits per heavy atom. The molecule has 1 aromatic carbocycles. The van der Waals surface area contributed by atoms with Crippen molar-refractivity contribution in [2.75, 3.05) is 0 Å². The van der Waals surface area contributed by atoms with Crippen LogP contribution in [0.2, 0.25) is 0 Å². The zero-order chi connectivity index (χ0) is 17.6. The Balaban J connectivity index is 1.88. The van der Waals surface area contributed by atoms with E-state index in [0.29, 0.717) is 11.1 Å². The molecule has 4 rings (SSSR count). The number of fused-ring (bicyclic) bond motifs is 3. The van der Waals surface area contributed by atoms with Gasteiger partial charge in [-0.05, 0) is 39.6 Å². The molecule has 2 heteroatoms. The summed E-state index contributed by atoms with van der Waals surface area (Å²) < 4.78 is 5.64. The topological polar surface area (TPSA) is 30.2 Å². The van der Waals surface area contributed by atoms with Gasteiger partial charge in [-0.1, -0.05) is 75.4 Å². The van der Waals surface area contributed by atoms with Crippen LogP contribution < -0.4 is 5.63 Å². The molecule has 1 aromatic heterocycles. The monoisotopic (exact) mass is 328 g/mol. The van der Waals surface area contributed by atoms with E-state index in [0.717, 1.165) is 22.1 Å². The number of hydrogen-bond acceptors (Lipinski definition) is 2. The second kappa shape index (κ2) is 5.59. The lowest BCUT2D eigenvalue weighted by Crippen LogP contribution is -2.10. The van der Waals surface area contributed by atoms with Gasteiger partial charge in [0.05, 0.1) is 5.39 Å². The van der Waals surface area contributed by atoms with Crippen LogP contribution in [0.15, 0.2) is 75.9 Å². The van der Waals surface area contributed by atoms with Crippen molar-refractivity contribution >= 4 is 10.8 Å². The molecule has 0 spiro atoms. The Morgan fingerprint density at radius 3 is 2.24 bits per heavy atom. The molecule has 0 radical (unpaired) electrons. The Labute approximate surface area is 147 Å². The first-order chi connectivity index (χ1) is 11.9. The fourth-order valence-electron chi connectivity index (χ4n) is 3.25. The summed E-state index contributed by atoms with van der Waals surface area (Å²) >= 11 is 0. The highest BCUT2D eigenvalue weighted by Gasteiger charge is 2.16. The lowest BCUT2D eigenvalue weighted by atomic mass is 9.86. The standard InChI is InChI=1S/C23H20O2/c1-23(2,3)18-11-9-15(10-12-18)20-14-17-13-16-7-5-4-6-8-19(16)21(17)22(24)25-20/h4-14H,1-3H3. The van der Waals surface area contributed by atoms with Crippen LogP contribution in [0.5, 0.6) is 0 Å². The van der Waals surface area contributed by atoms with E-state index in [1.165, 1.54) is 5.56 Å². The van der Waals surface area contributed by atoms with Crippen molar-refractivity contribution in [1.29, 1.82) is 0 Å². The first-order valence-electron chi connectivity index (χ1n) is 8.50. The highest BCUT2D eigenvalue weighted by molar-refractivity contribution is 6.02. The molecule has 0 bridgehead atoms. The van der Waals surface area contributed by atoms with Gasteiger partial charge in [0.25, 0.3) is 0 Å². The van der Waals surface area contributed by atoms with E-state index in [-0.39, 0.29) is 11.0 Å².